The van der Waals surface area contributed by atoms with E-state index >= 15 is 0 Å². The summed E-state index contributed by atoms with van der Waals surface area (Å²) in [5.74, 6) is -1.36. The molecule has 0 aliphatic carbocycles. The number of hydrogen-bond donors (Lipinski definition) is 1. The van der Waals surface area contributed by atoms with Crippen molar-refractivity contribution in [2.24, 2.45) is 5.92 Å². The van der Waals surface area contributed by atoms with Crippen molar-refractivity contribution in [2.75, 3.05) is 0 Å². The molecule has 2 aromatic rings. The predicted molar refractivity (Wildman–Crippen MR) is 143 cm³/mol. The number of carbonyl (C=O) groups excluding carboxylic acids is 2. The zero-order chi connectivity index (χ0) is 26.5. The molecule has 1 N–H and O–H groups in total. The summed E-state index contributed by atoms with van der Waals surface area (Å²) in [7, 11) is 0. The lowest BCUT2D eigenvalue weighted by Crippen LogP contribution is -2.33. The van der Waals surface area contributed by atoms with Gasteiger partial charge in [-0.3, -0.25) is 9.97 Å². The summed E-state index contributed by atoms with van der Waals surface area (Å²) >= 11 is 0. The molecule has 0 bridgehead atoms. The number of allylic oxidation sites excluding steroid dienone is 4. The first-order valence-corrected chi connectivity index (χ1v) is 12.7. The molecule has 7 heteroatoms. The van der Waals surface area contributed by atoms with E-state index in [-0.39, 0.29) is 0 Å². The van der Waals surface area contributed by atoms with Gasteiger partial charge < -0.3 is 14.8 Å². The highest BCUT2D eigenvalue weighted by molar-refractivity contribution is 5.98. The van der Waals surface area contributed by atoms with Crippen LogP contribution in [0.3, 0.4) is 0 Å². The SMILES string of the molecule is CCCCCC1C(C(=O)O/C=C/Cc2cccnc2)=C(C)NC(C)=C1C(=O)O/C=C/Cc1cccnc1. The van der Waals surface area contributed by atoms with E-state index in [1.54, 1.807) is 36.9 Å². The first-order valence-electron chi connectivity index (χ1n) is 12.7. The van der Waals surface area contributed by atoms with Crippen molar-refractivity contribution in [3.63, 3.8) is 0 Å². The van der Waals surface area contributed by atoms with Crippen LogP contribution in [-0.4, -0.2) is 21.9 Å². The fourth-order valence-electron chi connectivity index (χ4n) is 4.31. The number of dihydropyridines is 1. The number of ether oxygens (including phenoxy) is 2. The van der Waals surface area contributed by atoms with Gasteiger partial charge >= 0.3 is 11.9 Å². The van der Waals surface area contributed by atoms with Crippen molar-refractivity contribution in [2.45, 2.75) is 59.3 Å². The summed E-state index contributed by atoms with van der Waals surface area (Å²) in [5, 5.41) is 3.19. The Morgan fingerprint density at radius 2 is 1.38 bits per heavy atom. The summed E-state index contributed by atoms with van der Waals surface area (Å²) in [5.41, 5.74) is 4.32. The summed E-state index contributed by atoms with van der Waals surface area (Å²) in [6, 6.07) is 7.64. The van der Waals surface area contributed by atoms with Crippen molar-refractivity contribution >= 4 is 11.9 Å². The fraction of sp³-hybridized carbons (Fsp3) is 0.333. The molecule has 3 rings (SSSR count). The number of nitrogens with one attached hydrogen (secondary N) is 1. The summed E-state index contributed by atoms with van der Waals surface area (Å²) in [4.78, 5) is 34.5. The number of nitrogens with zero attached hydrogens (tertiary/aromatic N) is 2. The number of aromatic nitrogens is 2. The van der Waals surface area contributed by atoms with Crippen LogP contribution in [0.25, 0.3) is 0 Å². The van der Waals surface area contributed by atoms with Crippen LogP contribution in [0.15, 0.2) is 96.3 Å². The predicted octanol–water partition coefficient (Wildman–Crippen LogP) is 5.72. The summed E-state index contributed by atoms with van der Waals surface area (Å²) in [6.45, 7) is 5.79. The maximum absolute atomic E-state index is 13.2. The fourth-order valence-corrected chi connectivity index (χ4v) is 4.31. The number of esters is 2. The van der Waals surface area contributed by atoms with E-state index in [0.29, 0.717) is 41.8 Å². The van der Waals surface area contributed by atoms with Crippen LogP contribution in [-0.2, 0) is 31.9 Å². The molecule has 0 fully saturated rings. The Morgan fingerprint density at radius 1 is 0.865 bits per heavy atom. The zero-order valence-electron chi connectivity index (χ0n) is 21.8. The lowest BCUT2D eigenvalue weighted by molar-refractivity contribution is -0.135. The monoisotopic (exact) mass is 501 g/mol. The number of rotatable bonds is 12. The first kappa shape index (κ1) is 27.6. The number of pyridine rings is 2. The van der Waals surface area contributed by atoms with Gasteiger partial charge in [0.1, 0.15) is 0 Å². The Morgan fingerprint density at radius 3 is 1.81 bits per heavy atom. The molecule has 194 valence electrons. The third kappa shape index (κ3) is 8.27. The lowest BCUT2D eigenvalue weighted by atomic mass is 9.82. The molecule has 0 radical (unpaired) electrons. The summed E-state index contributed by atoms with van der Waals surface area (Å²) < 4.78 is 11.0. The van der Waals surface area contributed by atoms with Crippen LogP contribution in [0.5, 0.6) is 0 Å². The molecule has 0 saturated heterocycles. The van der Waals surface area contributed by atoms with E-state index in [0.717, 1.165) is 30.4 Å². The molecule has 37 heavy (non-hydrogen) atoms. The van der Waals surface area contributed by atoms with Crippen molar-refractivity contribution in [1.29, 1.82) is 0 Å². The average Bonchev–Trinajstić information content (AvgIpc) is 2.90. The maximum Gasteiger partial charge on any atom is 0.341 e. The maximum atomic E-state index is 13.2. The highest BCUT2D eigenvalue weighted by atomic mass is 16.5. The van der Waals surface area contributed by atoms with Crippen molar-refractivity contribution in [3.8, 4) is 0 Å². The highest BCUT2D eigenvalue weighted by Gasteiger charge is 2.36. The molecule has 0 unspecified atom stereocenters. The average molecular weight is 502 g/mol. The molecule has 0 saturated carbocycles. The van der Waals surface area contributed by atoms with Crippen molar-refractivity contribution in [1.82, 2.24) is 15.3 Å². The largest absolute Gasteiger partial charge is 0.431 e. The molecular weight excluding hydrogens is 466 g/mol. The van der Waals surface area contributed by atoms with Crippen LogP contribution in [0.1, 0.15) is 57.6 Å². The minimum Gasteiger partial charge on any atom is -0.431 e. The Balaban J connectivity index is 1.71. The van der Waals surface area contributed by atoms with E-state index in [9.17, 15) is 9.59 Å². The molecule has 0 amide bonds. The van der Waals surface area contributed by atoms with Gasteiger partial charge in [-0.25, -0.2) is 9.59 Å². The molecule has 0 spiro atoms. The van der Waals surface area contributed by atoms with Gasteiger partial charge in [0.2, 0.25) is 0 Å². The second-order valence-electron chi connectivity index (χ2n) is 8.94. The molecule has 0 aromatic carbocycles. The van der Waals surface area contributed by atoms with Crippen LogP contribution in [0.4, 0.5) is 0 Å². The quantitative estimate of drug-likeness (QED) is 0.226. The second kappa shape index (κ2) is 14.5. The van der Waals surface area contributed by atoms with E-state index in [2.05, 4.69) is 22.2 Å². The van der Waals surface area contributed by atoms with Gasteiger partial charge in [-0.2, -0.15) is 0 Å². The Kier molecular flexibility index (Phi) is 10.8. The standard InChI is InChI=1S/C30H35N3O4/c1-4-5-6-15-26-27(29(34)36-18-9-13-24-11-7-16-31-20-24)22(2)33-23(3)28(26)30(35)37-19-10-14-25-12-8-17-32-21-25/h7-12,16-21,26,33H,4-6,13-15H2,1-3H3/b18-9+,19-10+. The van der Waals surface area contributed by atoms with Crippen LogP contribution >= 0.6 is 0 Å². The van der Waals surface area contributed by atoms with Crippen LogP contribution in [0.2, 0.25) is 0 Å². The zero-order valence-corrected chi connectivity index (χ0v) is 21.8. The molecule has 1 aliphatic rings. The van der Waals surface area contributed by atoms with Crippen LogP contribution in [0, 0.1) is 5.92 Å². The Hall–Kier alpha value is -4.00. The minimum absolute atomic E-state index is 0.411. The van der Waals surface area contributed by atoms with Gasteiger partial charge in [0.05, 0.1) is 23.7 Å². The van der Waals surface area contributed by atoms with E-state index in [1.165, 1.54) is 12.5 Å². The Labute approximate surface area is 219 Å². The third-order valence-electron chi connectivity index (χ3n) is 6.11. The van der Waals surface area contributed by atoms with E-state index in [1.807, 2.05) is 38.1 Å². The van der Waals surface area contributed by atoms with Gasteiger partial charge in [-0.05, 0) is 68.5 Å². The number of unbranched alkanes of at least 4 members (excludes halogenated alkanes) is 2. The molecule has 1 aliphatic heterocycles. The second-order valence-corrected chi connectivity index (χ2v) is 8.94. The van der Waals surface area contributed by atoms with Gasteiger partial charge in [0.25, 0.3) is 0 Å². The normalized spacial score (nSPS) is 14.4. The summed E-state index contributed by atoms with van der Waals surface area (Å²) in [6.07, 6.45) is 18.1. The lowest BCUT2D eigenvalue weighted by Gasteiger charge is -2.29. The first-order chi connectivity index (χ1) is 18.0. The number of carbonyl (C=O) groups is 2. The van der Waals surface area contributed by atoms with Gasteiger partial charge in [-0.15, -0.1) is 0 Å². The topological polar surface area (TPSA) is 90.4 Å². The Bertz CT molecular complexity index is 1080. The number of hydrogen-bond acceptors (Lipinski definition) is 7. The van der Waals surface area contributed by atoms with E-state index in [4.69, 9.17) is 9.47 Å². The van der Waals surface area contributed by atoms with Gasteiger partial charge in [0.15, 0.2) is 0 Å². The van der Waals surface area contributed by atoms with E-state index < -0.39 is 17.9 Å². The van der Waals surface area contributed by atoms with Gasteiger partial charge in [-0.1, -0.05) is 38.3 Å². The molecular formula is C30H35N3O4. The van der Waals surface area contributed by atoms with Crippen molar-refractivity contribution < 1.29 is 19.1 Å². The smallest absolute Gasteiger partial charge is 0.341 e. The van der Waals surface area contributed by atoms with Crippen molar-refractivity contribution in [3.05, 3.63) is 107 Å². The highest BCUT2D eigenvalue weighted by Crippen LogP contribution is 2.35. The van der Waals surface area contributed by atoms with Gasteiger partial charge in [0, 0.05) is 42.1 Å². The molecule has 2 aromatic heterocycles. The van der Waals surface area contributed by atoms with Crippen LogP contribution < -0.4 is 5.32 Å². The third-order valence-corrected chi connectivity index (χ3v) is 6.11. The molecule has 3 heterocycles. The molecule has 0 atom stereocenters. The molecule has 7 nitrogen and oxygen atoms in total. The minimum atomic E-state index is -0.473.